The fourth-order valence-corrected chi connectivity index (χ4v) is 6.66. The van der Waals surface area contributed by atoms with Crippen molar-refractivity contribution in [1.82, 2.24) is 14.1 Å². The van der Waals surface area contributed by atoms with E-state index in [2.05, 4.69) is 4.90 Å². The summed E-state index contributed by atoms with van der Waals surface area (Å²) >= 11 is 0. The number of benzene rings is 3. The van der Waals surface area contributed by atoms with Crippen LogP contribution in [0.5, 0.6) is 0 Å². The highest BCUT2D eigenvalue weighted by Crippen LogP contribution is 2.26. The van der Waals surface area contributed by atoms with Crippen LogP contribution in [-0.4, -0.2) is 74.4 Å². The molecule has 9 heteroatoms. The van der Waals surface area contributed by atoms with Gasteiger partial charge in [-0.15, -0.1) is 0 Å². The average molecular weight is 562 g/mol. The summed E-state index contributed by atoms with van der Waals surface area (Å²) < 4.78 is 40.7. The minimum atomic E-state index is -3.97. The molecule has 40 heavy (non-hydrogen) atoms. The summed E-state index contributed by atoms with van der Waals surface area (Å²) in [6.07, 6.45) is 2.18. The molecule has 0 spiro atoms. The van der Waals surface area contributed by atoms with Gasteiger partial charge in [0, 0.05) is 31.6 Å². The molecule has 4 aromatic rings. The van der Waals surface area contributed by atoms with Crippen LogP contribution < -0.4 is 0 Å². The molecule has 210 valence electrons. The number of carbonyl (C=O) groups is 1. The smallest absolute Gasteiger partial charge is 0.244 e. The molecule has 0 bridgehead atoms. The topological polar surface area (TPSA) is 83.3 Å². The molecule has 1 aromatic heterocycles. The number of nitrogens with zero attached hydrogens (tertiary/aromatic N) is 3. The number of furan rings is 1. The average Bonchev–Trinajstić information content (AvgIpc) is 3.50. The molecule has 1 aliphatic heterocycles. The third-order valence-electron chi connectivity index (χ3n) is 7.16. The number of fused-ring (bicyclic) bond motifs is 1. The molecular weight excluding hydrogens is 526 g/mol. The van der Waals surface area contributed by atoms with Gasteiger partial charge in [-0.25, -0.2) is 8.42 Å². The summed E-state index contributed by atoms with van der Waals surface area (Å²) in [5.74, 6) is 0.357. The fourth-order valence-electron chi connectivity index (χ4n) is 5.02. The Morgan fingerprint density at radius 3 is 2.38 bits per heavy atom. The summed E-state index contributed by atoms with van der Waals surface area (Å²) in [5.41, 5.74) is 0.957. The van der Waals surface area contributed by atoms with Crippen LogP contribution in [-0.2, 0) is 32.6 Å². The number of ether oxygens (including phenoxy) is 1. The Balaban J connectivity index is 1.41. The van der Waals surface area contributed by atoms with E-state index in [1.54, 1.807) is 29.4 Å². The summed E-state index contributed by atoms with van der Waals surface area (Å²) in [7, 11) is -3.97. The third-order valence-corrected chi connectivity index (χ3v) is 9.06. The number of hydrogen-bond donors (Lipinski definition) is 0. The lowest BCUT2D eigenvalue weighted by atomic mass is 10.1. The summed E-state index contributed by atoms with van der Waals surface area (Å²) in [6, 6.07) is 26.0. The molecule has 5 rings (SSSR count). The summed E-state index contributed by atoms with van der Waals surface area (Å²) in [6.45, 7) is 4.30. The van der Waals surface area contributed by atoms with Crippen molar-refractivity contribution in [2.45, 2.75) is 24.4 Å². The van der Waals surface area contributed by atoms with Crippen molar-refractivity contribution in [3.05, 3.63) is 103 Å². The van der Waals surface area contributed by atoms with E-state index >= 15 is 0 Å². The summed E-state index contributed by atoms with van der Waals surface area (Å²) in [4.78, 5) is 18.0. The van der Waals surface area contributed by atoms with Gasteiger partial charge in [0.1, 0.15) is 5.76 Å². The Labute approximate surface area is 235 Å². The Kier molecular flexibility index (Phi) is 9.28. The van der Waals surface area contributed by atoms with Gasteiger partial charge in [0.2, 0.25) is 15.9 Å². The number of amides is 1. The van der Waals surface area contributed by atoms with Gasteiger partial charge in [0.05, 0.1) is 37.5 Å². The van der Waals surface area contributed by atoms with Crippen LogP contribution in [0.2, 0.25) is 0 Å². The van der Waals surface area contributed by atoms with Crippen molar-refractivity contribution in [2.75, 3.05) is 45.9 Å². The third kappa shape index (κ3) is 6.98. The first-order chi connectivity index (χ1) is 19.5. The zero-order chi connectivity index (χ0) is 27.8. The predicted molar refractivity (Wildman–Crippen MR) is 154 cm³/mol. The van der Waals surface area contributed by atoms with Gasteiger partial charge in [-0.3, -0.25) is 9.69 Å². The van der Waals surface area contributed by atoms with E-state index in [0.29, 0.717) is 37.3 Å². The SMILES string of the molecule is O=C(CN(CCCN1CCOCC1)S(=O)(=O)c1cccc2ccccc12)N(Cc1ccccc1)Cc1ccco1. The van der Waals surface area contributed by atoms with Crippen molar-refractivity contribution in [2.24, 2.45) is 0 Å². The van der Waals surface area contributed by atoms with Gasteiger partial charge in [-0.1, -0.05) is 66.7 Å². The van der Waals surface area contributed by atoms with Crippen LogP contribution in [0.25, 0.3) is 10.8 Å². The normalized spacial score (nSPS) is 14.5. The Bertz CT molecular complexity index is 1480. The molecule has 0 atom stereocenters. The van der Waals surface area contributed by atoms with Gasteiger partial charge in [-0.05, 0) is 42.1 Å². The predicted octanol–water partition coefficient (Wildman–Crippen LogP) is 4.37. The highest BCUT2D eigenvalue weighted by Gasteiger charge is 2.30. The lowest BCUT2D eigenvalue weighted by Gasteiger charge is -2.29. The molecule has 1 aliphatic rings. The Morgan fingerprint density at radius 1 is 0.850 bits per heavy atom. The first kappa shape index (κ1) is 28.0. The van der Waals surface area contributed by atoms with E-state index in [-0.39, 0.29) is 30.4 Å². The lowest BCUT2D eigenvalue weighted by molar-refractivity contribution is -0.133. The first-order valence-electron chi connectivity index (χ1n) is 13.6. The molecule has 0 aliphatic carbocycles. The number of rotatable bonds is 12. The monoisotopic (exact) mass is 561 g/mol. The van der Waals surface area contributed by atoms with Gasteiger partial charge in [0.25, 0.3) is 0 Å². The van der Waals surface area contributed by atoms with E-state index in [4.69, 9.17) is 9.15 Å². The molecule has 1 fully saturated rings. The minimum absolute atomic E-state index is 0.213. The van der Waals surface area contributed by atoms with Crippen LogP contribution in [0.4, 0.5) is 0 Å². The molecule has 2 heterocycles. The molecule has 0 radical (unpaired) electrons. The molecule has 0 saturated carbocycles. The van der Waals surface area contributed by atoms with Crippen molar-refractivity contribution in [3.63, 3.8) is 0 Å². The second kappa shape index (κ2) is 13.2. The molecule has 0 N–H and O–H groups in total. The summed E-state index contributed by atoms with van der Waals surface area (Å²) in [5, 5.41) is 1.49. The Hall–Kier alpha value is -3.50. The van der Waals surface area contributed by atoms with Gasteiger partial charge >= 0.3 is 0 Å². The Morgan fingerprint density at radius 2 is 1.60 bits per heavy atom. The molecular formula is C31H35N3O5S. The van der Waals surface area contributed by atoms with Gasteiger partial charge in [0.15, 0.2) is 0 Å². The van der Waals surface area contributed by atoms with E-state index in [1.807, 2.05) is 66.7 Å². The number of hydrogen-bond acceptors (Lipinski definition) is 6. The van der Waals surface area contributed by atoms with Crippen molar-refractivity contribution >= 4 is 26.7 Å². The van der Waals surface area contributed by atoms with E-state index in [1.165, 1.54) is 4.31 Å². The van der Waals surface area contributed by atoms with Crippen LogP contribution in [0.1, 0.15) is 17.7 Å². The van der Waals surface area contributed by atoms with Crippen LogP contribution in [0, 0.1) is 0 Å². The fraction of sp³-hybridized carbons (Fsp3) is 0.323. The van der Waals surface area contributed by atoms with Crippen molar-refractivity contribution in [1.29, 1.82) is 0 Å². The van der Waals surface area contributed by atoms with E-state index in [0.717, 1.165) is 30.6 Å². The molecule has 1 amide bonds. The van der Waals surface area contributed by atoms with Crippen LogP contribution in [0.15, 0.2) is 101 Å². The van der Waals surface area contributed by atoms with Crippen molar-refractivity contribution in [3.8, 4) is 0 Å². The van der Waals surface area contributed by atoms with Crippen molar-refractivity contribution < 1.29 is 22.4 Å². The largest absolute Gasteiger partial charge is 0.467 e. The van der Waals surface area contributed by atoms with Gasteiger partial charge < -0.3 is 14.1 Å². The molecule has 0 unspecified atom stereocenters. The zero-order valence-corrected chi connectivity index (χ0v) is 23.3. The number of sulfonamides is 1. The van der Waals surface area contributed by atoms with E-state index < -0.39 is 10.0 Å². The standard InChI is InChI=1S/C31H35N3O5S/c35-31(33(24-28-13-7-20-39-28)23-26-9-2-1-3-10-26)25-34(17-8-16-32-18-21-38-22-19-32)40(36,37)30-15-6-12-27-11-4-5-14-29(27)30/h1-7,9-15,20H,8,16-19,21-25H2. The minimum Gasteiger partial charge on any atom is -0.467 e. The highest BCUT2D eigenvalue weighted by atomic mass is 32.2. The maximum atomic E-state index is 14.2. The zero-order valence-electron chi connectivity index (χ0n) is 22.5. The second-order valence-electron chi connectivity index (χ2n) is 9.94. The maximum absolute atomic E-state index is 14.2. The van der Waals surface area contributed by atoms with Gasteiger partial charge in [-0.2, -0.15) is 4.31 Å². The number of carbonyl (C=O) groups excluding carboxylic acids is 1. The quantitative estimate of drug-likeness (QED) is 0.255. The molecule has 3 aromatic carbocycles. The molecule has 1 saturated heterocycles. The lowest BCUT2D eigenvalue weighted by Crippen LogP contribution is -2.44. The van der Waals surface area contributed by atoms with E-state index in [9.17, 15) is 13.2 Å². The number of morpholine rings is 1. The van der Waals surface area contributed by atoms with Crippen LogP contribution in [0.3, 0.4) is 0 Å². The maximum Gasteiger partial charge on any atom is 0.244 e. The first-order valence-corrected chi connectivity index (χ1v) is 15.1. The second-order valence-corrected chi connectivity index (χ2v) is 11.8. The molecule has 8 nitrogen and oxygen atoms in total. The van der Waals surface area contributed by atoms with Crippen LogP contribution >= 0.6 is 0 Å². The highest BCUT2D eigenvalue weighted by molar-refractivity contribution is 7.89.